The molecule has 3 rings (SSSR count). The van der Waals surface area contributed by atoms with Crippen LogP contribution in [0.25, 0.3) is 0 Å². The lowest BCUT2D eigenvalue weighted by Gasteiger charge is -2.32. The lowest BCUT2D eigenvalue weighted by molar-refractivity contribution is 0.0884. The second-order valence-electron chi connectivity index (χ2n) is 6.39. The van der Waals surface area contributed by atoms with E-state index < -0.39 is 0 Å². The van der Waals surface area contributed by atoms with Gasteiger partial charge < -0.3 is 15.2 Å². The van der Waals surface area contributed by atoms with Crippen LogP contribution in [-0.4, -0.2) is 53.2 Å². The number of carbonyl (C=O) groups excluding carboxylic acids is 1. The molecule has 0 bridgehead atoms. The van der Waals surface area contributed by atoms with Gasteiger partial charge in [-0.15, -0.1) is 0 Å². The number of aliphatic hydroxyl groups is 1. The van der Waals surface area contributed by atoms with Gasteiger partial charge in [0.05, 0.1) is 17.9 Å². The van der Waals surface area contributed by atoms with Crippen molar-refractivity contribution in [2.75, 3.05) is 26.2 Å². The SMILES string of the molecule is O=C(NCCO)c1ccccc1OC1CCN(Cc2ccccn2)CC1. The van der Waals surface area contributed by atoms with Crippen LogP contribution < -0.4 is 10.1 Å². The summed E-state index contributed by atoms with van der Waals surface area (Å²) in [6.07, 6.45) is 3.75. The van der Waals surface area contributed by atoms with Gasteiger partial charge in [-0.05, 0) is 37.1 Å². The van der Waals surface area contributed by atoms with E-state index in [1.54, 1.807) is 6.07 Å². The van der Waals surface area contributed by atoms with Crippen molar-refractivity contribution in [3.63, 3.8) is 0 Å². The zero-order chi connectivity index (χ0) is 18.2. The first kappa shape index (κ1) is 18.4. The number of hydrogen-bond donors (Lipinski definition) is 2. The molecule has 1 aromatic heterocycles. The van der Waals surface area contributed by atoms with Gasteiger partial charge in [-0.3, -0.25) is 14.7 Å². The molecule has 138 valence electrons. The Morgan fingerprint density at radius 1 is 1.19 bits per heavy atom. The summed E-state index contributed by atoms with van der Waals surface area (Å²) in [7, 11) is 0. The van der Waals surface area contributed by atoms with Gasteiger partial charge >= 0.3 is 0 Å². The second kappa shape index (κ2) is 9.31. The Morgan fingerprint density at radius 3 is 2.69 bits per heavy atom. The van der Waals surface area contributed by atoms with Crippen molar-refractivity contribution >= 4 is 5.91 Å². The van der Waals surface area contributed by atoms with E-state index >= 15 is 0 Å². The van der Waals surface area contributed by atoms with Crippen molar-refractivity contribution in [2.45, 2.75) is 25.5 Å². The van der Waals surface area contributed by atoms with E-state index in [2.05, 4.69) is 15.2 Å². The van der Waals surface area contributed by atoms with E-state index in [0.29, 0.717) is 11.3 Å². The summed E-state index contributed by atoms with van der Waals surface area (Å²) < 4.78 is 6.12. The number of benzene rings is 1. The minimum atomic E-state index is -0.220. The lowest BCUT2D eigenvalue weighted by atomic mass is 10.1. The Morgan fingerprint density at radius 2 is 1.96 bits per heavy atom. The second-order valence-corrected chi connectivity index (χ2v) is 6.39. The predicted molar refractivity (Wildman–Crippen MR) is 99.0 cm³/mol. The van der Waals surface area contributed by atoms with Crippen LogP contribution >= 0.6 is 0 Å². The number of para-hydroxylation sites is 1. The third kappa shape index (κ3) is 5.03. The van der Waals surface area contributed by atoms with Crippen LogP contribution in [0, 0.1) is 0 Å². The molecule has 1 aliphatic rings. The Balaban J connectivity index is 1.54. The summed E-state index contributed by atoms with van der Waals surface area (Å²) in [5.74, 6) is 0.383. The van der Waals surface area contributed by atoms with Crippen LogP contribution in [0.4, 0.5) is 0 Å². The molecule has 1 amide bonds. The van der Waals surface area contributed by atoms with Crippen LogP contribution in [-0.2, 0) is 6.54 Å². The molecule has 6 heteroatoms. The number of likely N-dealkylation sites (tertiary alicyclic amines) is 1. The van der Waals surface area contributed by atoms with Gasteiger partial charge in [0, 0.05) is 32.4 Å². The Hall–Kier alpha value is -2.44. The first-order valence-electron chi connectivity index (χ1n) is 9.03. The highest BCUT2D eigenvalue weighted by Gasteiger charge is 2.22. The molecule has 0 spiro atoms. The minimum Gasteiger partial charge on any atom is -0.489 e. The number of ether oxygens (including phenoxy) is 1. The third-order valence-electron chi connectivity index (χ3n) is 4.47. The number of amides is 1. The number of hydrogen-bond acceptors (Lipinski definition) is 5. The molecule has 1 aliphatic heterocycles. The third-order valence-corrected chi connectivity index (χ3v) is 4.47. The van der Waals surface area contributed by atoms with Crippen LogP contribution in [0.1, 0.15) is 28.9 Å². The maximum Gasteiger partial charge on any atom is 0.255 e. The number of pyridine rings is 1. The highest BCUT2D eigenvalue weighted by atomic mass is 16.5. The van der Waals surface area contributed by atoms with Crippen molar-refractivity contribution in [1.29, 1.82) is 0 Å². The molecule has 2 N–H and O–H groups in total. The maximum atomic E-state index is 12.2. The Labute approximate surface area is 153 Å². The summed E-state index contributed by atoms with van der Waals surface area (Å²) >= 11 is 0. The number of rotatable bonds is 7. The molecule has 0 unspecified atom stereocenters. The van der Waals surface area contributed by atoms with Gasteiger partial charge in [0.1, 0.15) is 11.9 Å². The van der Waals surface area contributed by atoms with E-state index in [9.17, 15) is 4.79 Å². The van der Waals surface area contributed by atoms with E-state index in [1.165, 1.54) is 0 Å². The Kier molecular flexibility index (Phi) is 6.57. The molecule has 26 heavy (non-hydrogen) atoms. The summed E-state index contributed by atoms with van der Waals surface area (Å²) in [5, 5.41) is 11.5. The zero-order valence-corrected chi connectivity index (χ0v) is 14.8. The van der Waals surface area contributed by atoms with E-state index in [1.807, 2.05) is 42.6 Å². The standard InChI is InChI=1S/C20H25N3O3/c24-14-11-22-20(25)18-6-1-2-7-19(18)26-17-8-12-23(13-9-17)15-16-5-3-4-10-21-16/h1-7,10,17,24H,8-9,11-15H2,(H,22,25). The van der Waals surface area contributed by atoms with Crippen LogP contribution in [0.3, 0.4) is 0 Å². The molecule has 0 aliphatic carbocycles. The fraction of sp³-hybridized carbons (Fsp3) is 0.400. The molecule has 1 fully saturated rings. The largest absolute Gasteiger partial charge is 0.489 e. The highest BCUT2D eigenvalue weighted by Crippen LogP contribution is 2.23. The molecule has 0 atom stereocenters. The maximum absolute atomic E-state index is 12.2. The van der Waals surface area contributed by atoms with Crippen molar-refractivity contribution in [3.8, 4) is 5.75 Å². The van der Waals surface area contributed by atoms with E-state index in [-0.39, 0.29) is 25.2 Å². The van der Waals surface area contributed by atoms with Crippen LogP contribution in [0.5, 0.6) is 5.75 Å². The van der Waals surface area contributed by atoms with Gasteiger partial charge in [-0.1, -0.05) is 18.2 Å². The summed E-state index contributed by atoms with van der Waals surface area (Å²) in [5.41, 5.74) is 1.59. The molecule has 0 radical (unpaired) electrons. The lowest BCUT2D eigenvalue weighted by Crippen LogP contribution is -2.38. The van der Waals surface area contributed by atoms with E-state index in [0.717, 1.165) is 38.2 Å². The fourth-order valence-electron chi connectivity index (χ4n) is 3.11. The molecular weight excluding hydrogens is 330 g/mol. The monoisotopic (exact) mass is 355 g/mol. The van der Waals surface area contributed by atoms with E-state index in [4.69, 9.17) is 9.84 Å². The smallest absolute Gasteiger partial charge is 0.255 e. The molecule has 1 aromatic carbocycles. The number of carbonyl (C=O) groups is 1. The number of nitrogens with one attached hydrogen (secondary N) is 1. The quantitative estimate of drug-likeness (QED) is 0.793. The molecule has 6 nitrogen and oxygen atoms in total. The number of aliphatic hydroxyl groups excluding tert-OH is 1. The number of aromatic nitrogens is 1. The van der Waals surface area contributed by atoms with Gasteiger partial charge in [-0.25, -0.2) is 0 Å². The molecular formula is C20H25N3O3. The van der Waals surface area contributed by atoms with Crippen molar-refractivity contribution in [2.24, 2.45) is 0 Å². The first-order chi connectivity index (χ1) is 12.8. The van der Waals surface area contributed by atoms with Gasteiger partial charge in [0.15, 0.2) is 0 Å². The van der Waals surface area contributed by atoms with Crippen molar-refractivity contribution < 1.29 is 14.6 Å². The van der Waals surface area contributed by atoms with Gasteiger partial charge in [-0.2, -0.15) is 0 Å². The average Bonchev–Trinajstić information content (AvgIpc) is 2.69. The van der Waals surface area contributed by atoms with Crippen LogP contribution in [0.2, 0.25) is 0 Å². The Bertz CT molecular complexity index is 700. The van der Waals surface area contributed by atoms with Crippen LogP contribution in [0.15, 0.2) is 48.7 Å². The summed E-state index contributed by atoms with van der Waals surface area (Å²) in [6, 6.07) is 13.2. The highest BCUT2D eigenvalue weighted by molar-refractivity contribution is 5.96. The topological polar surface area (TPSA) is 74.7 Å². The molecule has 2 heterocycles. The zero-order valence-electron chi connectivity index (χ0n) is 14.8. The van der Waals surface area contributed by atoms with Gasteiger partial charge in [0.25, 0.3) is 5.91 Å². The van der Waals surface area contributed by atoms with Gasteiger partial charge in [0.2, 0.25) is 0 Å². The fourth-order valence-corrected chi connectivity index (χ4v) is 3.11. The van der Waals surface area contributed by atoms with Crippen molar-refractivity contribution in [1.82, 2.24) is 15.2 Å². The molecule has 1 saturated heterocycles. The number of piperidine rings is 1. The normalized spacial score (nSPS) is 15.6. The molecule has 0 saturated carbocycles. The predicted octanol–water partition coefficient (Wildman–Crippen LogP) is 1.85. The average molecular weight is 355 g/mol. The first-order valence-corrected chi connectivity index (χ1v) is 9.03. The minimum absolute atomic E-state index is 0.0799. The summed E-state index contributed by atoms with van der Waals surface area (Å²) in [4.78, 5) is 19.0. The summed E-state index contributed by atoms with van der Waals surface area (Å²) in [6.45, 7) is 2.90. The van der Waals surface area contributed by atoms with Crippen molar-refractivity contribution in [3.05, 3.63) is 59.9 Å². The molecule has 2 aromatic rings. The number of nitrogens with zero attached hydrogens (tertiary/aromatic N) is 2.